The van der Waals surface area contributed by atoms with Gasteiger partial charge in [0.15, 0.2) is 5.78 Å². The van der Waals surface area contributed by atoms with Gasteiger partial charge in [0, 0.05) is 24.4 Å². The summed E-state index contributed by atoms with van der Waals surface area (Å²) in [5.41, 5.74) is 1.86. The van der Waals surface area contributed by atoms with Gasteiger partial charge in [0.05, 0.1) is 6.61 Å². The largest absolute Gasteiger partial charge is 0.493 e. The first-order chi connectivity index (χ1) is 8.75. The predicted molar refractivity (Wildman–Crippen MR) is 69.9 cm³/mol. The highest BCUT2D eigenvalue weighted by Gasteiger charge is 2.01. The molecular formula is C15H15NO2. The number of carbonyl (C=O) groups is 1. The molecule has 0 aliphatic rings. The molecule has 3 heteroatoms. The Morgan fingerprint density at radius 2 is 2.00 bits per heavy atom. The van der Waals surface area contributed by atoms with Crippen LogP contribution in [-0.2, 0) is 6.42 Å². The van der Waals surface area contributed by atoms with Crippen LogP contribution in [-0.4, -0.2) is 17.4 Å². The van der Waals surface area contributed by atoms with Crippen molar-refractivity contribution in [2.24, 2.45) is 0 Å². The third-order valence-corrected chi connectivity index (χ3v) is 2.65. The first-order valence-electron chi connectivity index (χ1n) is 5.88. The normalized spacial score (nSPS) is 10.1. The monoisotopic (exact) mass is 241 g/mol. The van der Waals surface area contributed by atoms with Crippen molar-refractivity contribution in [3.05, 3.63) is 59.9 Å². The van der Waals surface area contributed by atoms with Crippen LogP contribution in [0.1, 0.15) is 22.8 Å². The van der Waals surface area contributed by atoms with Gasteiger partial charge >= 0.3 is 0 Å². The number of pyridine rings is 1. The highest BCUT2D eigenvalue weighted by molar-refractivity contribution is 5.94. The third-order valence-electron chi connectivity index (χ3n) is 2.65. The van der Waals surface area contributed by atoms with Gasteiger partial charge in [0.2, 0.25) is 0 Å². The highest BCUT2D eigenvalue weighted by Crippen LogP contribution is 2.14. The van der Waals surface area contributed by atoms with Gasteiger partial charge < -0.3 is 4.74 Å². The third kappa shape index (κ3) is 3.42. The van der Waals surface area contributed by atoms with Crippen molar-refractivity contribution in [3.63, 3.8) is 0 Å². The second-order valence-corrected chi connectivity index (χ2v) is 4.04. The quantitative estimate of drug-likeness (QED) is 0.755. The van der Waals surface area contributed by atoms with E-state index in [1.807, 2.05) is 24.3 Å². The van der Waals surface area contributed by atoms with E-state index in [-0.39, 0.29) is 5.78 Å². The molecule has 92 valence electrons. The standard InChI is InChI=1S/C15H15NO2/c1-12(17)14-3-2-4-15(11-14)18-10-7-13-5-8-16-9-6-13/h2-6,8-9,11H,7,10H2,1H3. The van der Waals surface area contributed by atoms with E-state index in [1.165, 1.54) is 5.56 Å². The maximum Gasteiger partial charge on any atom is 0.159 e. The number of carbonyl (C=O) groups excluding carboxylic acids is 1. The summed E-state index contributed by atoms with van der Waals surface area (Å²) in [5.74, 6) is 0.784. The number of hydrogen-bond acceptors (Lipinski definition) is 3. The summed E-state index contributed by atoms with van der Waals surface area (Å²) in [6.07, 6.45) is 4.37. The summed E-state index contributed by atoms with van der Waals surface area (Å²) < 4.78 is 5.63. The van der Waals surface area contributed by atoms with Crippen molar-refractivity contribution in [1.29, 1.82) is 0 Å². The Kier molecular flexibility index (Phi) is 4.07. The van der Waals surface area contributed by atoms with Crippen molar-refractivity contribution in [3.8, 4) is 5.75 Å². The number of benzene rings is 1. The summed E-state index contributed by atoms with van der Waals surface area (Å²) in [7, 11) is 0. The SMILES string of the molecule is CC(=O)c1cccc(OCCc2ccncc2)c1. The minimum atomic E-state index is 0.0505. The van der Waals surface area contributed by atoms with Crippen LogP contribution >= 0.6 is 0 Å². The second-order valence-electron chi connectivity index (χ2n) is 4.04. The molecule has 0 radical (unpaired) electrons. The molecule has 1 aromatic carbocycles. The predicted octanol–water partition coefficient (Wildman–Crippen LogP) is 2.91. The Morgan fingerprint density at radius 1 is 1.22 bits per heavy atom. The lowest BCUT2D eigenvalue weighted by atomic mass is 10.1. The molecule has 0 fully saturated rings. The summed E-state index contributed by atoms with van der Waals surface area (Å²) in [6.45, 7) is 2.14. The molecule has 3 nitrogen and oxygen atoms in total. The molecule has 0 unspecified atom stereocenters. The van der Waals surface area contributed by atoms with Crippen LogP contribution in [0.3, 0.4) is 0 Å². The Hall–Kier alpha value is -2.16. The van der Waals surface area contributed by atoms with Crippen LogP contribution in [0, 0.1) is 0 Å². The molecule has 0 N–H and O–H groups in total. The average molecular weight is 241 g/mol. The number of Topliss-reactive ketones (excluding diaryl/α,β-unsaturated/α-hetero) is 1. The number of ketones is 1. The second kappa shape index (κ2) is 5.96. The molecule has 0 spiro atoms. The lowest BCUT2D eigenvalue weighted by Gasteiger charge is -2.07. The molecule has 0 aliphatic carbocycles. The molecule has 0 bridgehead atoms. The van der Waals surface area contributed by atoms with Gasteiger partial charge in [0.25, 0.3) is 0 Å². The summed E-state index contributed by atoms with van der Waals surface area (Å²) in [6, 6.07) is 11.2. The molecular weight excluding hydrogens is 226 g/mol. The van der Waals surface area contributed by atoms with E-state index >= 15 is 0 Å². The van der Waals surface area contributed by atoms with Gasteiger partial charge in [-0.1, -0.05) is 12.1 Å². The fourth-order valence-electron chi connectivity index (χ4n) is 1.64. The molecule has 2 aromatic rings. The van der Waals surface area contributed by atoms with Crippen molar-refractivity contribution >= 4 is 5.78 Å². The molecule has 18 heavy (non-hydrogen) atoms. The smallest absolute Gasteiger partial charge is 0.159 e. The summed E-state index contributed by atoms with van der Waals surface area (Å²) in [4.78, 5) is 15.2. The average Bonchev–Trinajstić information content (AvgIpc) is 2.40. The van der Waals surface area contributed by atoms with Gasteiger partial charge in [-0.3, -0.25) is 9.78 Å². The van der Waals surface area contributed by atoms with Crippen molar-refractivity contribution in [2.75, 3.05) is 6.61 Å². The maximum atomic E-state index is 11.2. The van der Waals surface area contributed by atoms with E-state index < -0.39 is 0 Å². The first-order valence-corrected chi connectivity index (χ1v) is 5.88. The molecule has 0 saturated carbocycles. The van der Waals surface area contributed by atoms with Gasteiger partial charge in [-0.15, -0.1) is 0 Å². The number of rotatable bonds is 5. The Bertz CT molecular complexity index is 523. The van der Waals surface area contributed by atoms with E-state index in [0.29, 0.717) is 12.2 Å². The molecule has 0 saturated heterocycles. The lowest BCUT2D eigenvalue weighted by molar-refractivity contribution is 0.101. The Balaban J connectivity index is 1.90. The summed E-state index contributed by atoms with van der Waals surface area (Å²) in [5, 5.41) is 0. The van der Waals surface area contributed by atoms with Crippen LogP contribution in [0.15, 0.2) is 48.8 Å². The minimum absolute atomic E-state index is 0.0505. The Labute approximate surface area is 106 Å². The van der Waals surface area contributed by atoms with Gasteiger partial charge in [-0.25, -0.2) is 0 Å². The molecule has 1 aromatic heterocycles. The number of aromatic nitrogens is 1. The van der Waals surface area contributed by atoms with Crippen LogP contribution in [0.5, 0.6) is 5.75 Å². The topological polar surface area (TPSA) is 39.2 Å². The lowest BCUT2D eigenvalue weighted by Crippen LogP contribution is -2.02. The van der Waals surface area contributed by atoms with Gasteiger partial charge in [-0.05, 0) is 36.8 Å². The van der Waals surface area contributed by atoms with Crippen LogP contribution in [0.25, 0.3) is 0 Å². The number of nitrogens with zero attached hydrogens (tertiary/aromatic N) is 1. The van der Waals surface area contributed by atoms with Crippen molar-refractivity contribution in [1.82, 2.24) is 4.98 Å². The number of hydrogen-bond donors (Lipinski definition) is 0. The minimum Gasteiger partial charge on any atom is -0.493 e. The zero-order valence-electron chi connectivity index (χ0n) is 10.3. The van der Waals surface area contributed by atoms with Crippen LogP contribution in [0.2, 0.25) is 0 Å². The van der Waals surface area contributed by atoms with E-state index in [9.17, 15) is 4.79 Å². The van der Waals surface area contributed by atoms with E-state index in [2.05, 4.69) is 4.98 Å². The van der Waals surface area contributed by atoms with Crippen molar-refractivity contribution in [2.45, 2.75) is 13.3 Å². The molecule has 0 aliphatic heterocycles. The van der Waals surface area contributed by atoms with Crippen molar-refractivity contribution < 1.29 is 9.53 Å². The van der Waals surface area contributed by atoms with E-state index in [1.54, 1.807) is 31.5 Å². The first kappa shape index (κ1) is 12.3. The number of ether oxygens (including phenoxy) is 1. The Morgan fingerprint density at radius 3 is 2.72 bits per heavy atom. The van der Waals surface area contributed by atoms with E-state index in [0.717, 1.165) is 12.2 Å². The zero-order valence-corrected chi connectivity index (χ0v) is 10.3. The molecule has 0 amide bonds. The van der Waals surface area contributed by atoms with E-state index in [4.69, 9.17) is 4.74 Å². The highest BCUT2D eigenvalue weighted by atomic mass is 16.5. The van der Waals surface area contributed by atoms with Crippen LogP contribution < -0.4 is 4.74 Å². The van der Waals surface area contributed by atoms with Gasteiger partial charge in [0.1, 0.15) is 5.75 Å². The van der Waals surface area contributed by atoms with Gasteiger partial charge in [-0.2, -0.15) is 0 Å². The maximum absolute atomic E-state index is 11.2. The molecule has 1 heterocycles. The van der Waals surface area contributed by atoms with Crippen LogP contribution in [0.4, 0.5) is 0 Å². The zero-order chi connectivity index (χ0) is 12.8. The molecule has 2 rings (SSSR count). The fourth-order valence-corrected chi connectivity index (χ4v) is 1.64. The molecule has 0 atom stereocenters. The fraction of sp³-hybridized carbons (Fsp3) is 0.200. The summed E-state index contributed by atoms with van der Waals surface area (Å²) >= 11 is 0.